The van der Waals surface area contributed by atoms with Gasteiger partial charge >= 0.3 is 5.97 Å². The molecule has 0 fully saturated rings. The van der Waals surface area contributed by atoms with E-state index in [9.17, 15) is 14.7 Å². The number of aromatic carboxylic acids is 1. The molecule has 0 aliphatic rings. The van der Waals surface area contributed by atoms with Gasteiger partial charge in [0.25, 0.3) is 0 Å². The molecular weight excluding hydrogens is 290 g/mol. The van der Waals surface area contributed by atoms with E-state index in [0.717, 1.165) is 11.8 Å². The Morgan fingerprint density at radius 1 is 1.33 bits per heavy atom. The number of carbonyl (C=O) groups is 2. The molecule has 0 bridgehead atoms. The van der Waals surface area contributed by atoms with E-state index in [1.165, 1.54) is 0 Å². The number of aryl methyl sites for hydroxylation is 2. The maximum Gasteiger partial charge on any atom is 0.340 e. The molecule has 0 radical (unpaired) electrons. The zero-order valence-corrected chi connectivity index (χ0v) is 13.8. The third-order valence-corrected chi connectivity index (χ3v) is 4.09. The van der Waals surface area contributed by atoms with Crippen LogP contribution in [-0.4, -0.2) is 50.7 Å². The zero-order chi connectivity index (χ0) is 16.2. The highest BCUT2D eigenvalue weighted by Crippen LogP contribution is 2.23. The fourth-order valence-electron chi connectivity index (χ4n) is 1.63. The second-order valence-electron chi connectivity index (χ2n) is 4.95. The van der Waals surface area contributed by atoms with Crippen molar-refractivity contribution in [1.29, 1.82) is 0 Å². The van der Waals surface area contributed by atoms with Gasteiger partial charge in [-0.05, 0) is 20.8 Å². The summed E-state index contributed by atoms with van der Waals surface area (Å²) < 4.78 is 0. The van der Waals surface area contributed by atoms with Crippen molar-refractivity contribution < 1.29 is 14.7 Å². The summed E-state index contributed by atoms with van der Waals surface area (Å²) in [5.41, 5.74) is 0.513. The molecule has 1 aromatic rings. The molecule has 0 unspecified atom stereocenters. The van der Waals surface area contributed by atoms with Gasteiger partial charge in [-0.25, -0.2) is 14.8 Å². The maximum atomic E-state index is 12.0. The fraction of sp³-hybridized carbons (Fsp3) is 0.571. The molecule has 7 heteroatoms. The van der Waals surface area contributed by atoms with Crippen LogP contribution in [0.3, 0.4) is 0 Å². The molecule has 6 nitrogen and oxygen atoms in total. The average Bonchev–Trinajstić information content (AvgIpc) is 2.42. The highest BCUT2D eigenvalue weighted by atomic mass is 32.2. The molecule has 0 aliphatic heterocycles. The van der Waals surface area contributed by atoms with E-state index in [0.29, 0.717) is 23.0 Å². The number of carboxylic acids is 1. The number of hydrogen-bond donors (Lipinski definition) is 1. The van der Waals surface area contributed by atoms with E-state index in [1.54, 1.807) is 18.9 Å². The highest BCUT2D eigenvalue weighted by Gasteiger charge is 2.20. The van der Waals surface area contributed by atoms with Gasteiger partial charge in [0, 0.05) is 19.5 Å². The minimum absolute atomic E-state index is 0.0550. The molecule has 1 N–H and O–H groups in total. The van der Waals surface area contributed by atoms with Crippen molar-refractivity contribution in [2.75, 3.05) is 12.8 Å². The molecule has 0 aromatic carbocycles. The molecule has 1 aromatic heterocycles. The summed E-state index contributed by atoms with van der Waals surface area (Å²) >= 11 is 1.15. The van der Waals surface area contributed by atoms with Crippen LogP contribution in [-0.2, 0) is 11.2 Å². The molecule has 0 saturated carbocycles. The molecule has 1 rings (SSSR count). The summed E-state index contributed by atoms with van der Waals surface area (Å²) in [4.78, 5) is 33.4. The van der Waals surface area contributed by atoms with E-state index >= 15 is 0 Å². The Morgan fingerprint density at radius 3 is 2.43 bits per heavy atom. The quantitative estimate of drug-likeness (QED) is 0.639. The molecule has 21 heavy (non-hydrogen) atoms. The van der Waals surface area contributed by atoms with Gasteiger partial charge in [-0.15, -0.1) is 0 Å². The van der Waals surface area contributed by atoms with Crippen LogP contribution < -0.4 is 0 Å². The Morgan fingerprint density at radius 2 is 1.95 bits per heavy atom. The number of rotatable bonds is 6. The zero-order valence-electron chi connectivity index (χ0n) is 13.0. The minimum atomic E-state index is -1.07. The Kier molecular flexibility index (Phi) is 6.14. The smallest absolute Gasteiger partial charge is 0.340 e. The van der Waals surface area contributed by atoms with Crippen molar-refractivity contribution in [2.45, 2.75) is 45.2 Å². The molecule has 0 saturated heterocycles. The summed E-state index contributed by atoms with van der Waals surface area (Å²) in [7, 11) is 1.73. The van der Waals surface area contributed by atoms with Gasteiger partial charge in [-0.1, -0.05) is 18.7 Å². The monoisotopic (exact) mass is 311 g/mol. The molecule has 0 atom stereocenters. The molecule has 1 heterocycles. The van der Waals surface area contributed by atoms with Crippen LogP contribution in [0, 0.1) is 6.92 Å². The first-order valence-corrected chi connectivity index (χ1v) is 7.75. The van der Waals surface area contributed by atoms with Gasteiger partial charge in [-0.2, -0.15) is 0 Å². The Balaban J connectivity index is 2.99. The van der Waals surface area contributed by atoms with Gasteiger partial charge < -0.3 is 10.0 Å². The van der Waals surface area contributed by atoms with Crippen LogP contribution in [0.25, 0.3) is 0 Å². The van der Waals surface area contributed by atoms with Crippen LogP contribution in [0.2, 0.25) is 0 Å². The SMILES string of the molecule is CCc1nc(C)c(C(=O)O)c(SCC(=O)N(C)C(C)C)n1. The first kappa shape index (κ1) is 17.4. The predicted octanol–water partition coefficient (Wildman–Crippen LogP) is 2.00. The van der Waals surface area contributed by atoms with E-state index < -0.39 is 5.97 Å². The predicted molar refractivity (Wildman–Crippen MR) is 81.7 cm³/mol. The average molecular weight is 311 g/mol. The lowest BCUT2D eigenvalue weighted by molar-refractivity contribution is -0.128. The second-order valence-corrected chi connectivity index (χ2v) is 5.92. The van der Waals surface area contributed by atoms with Crippen LogP contribution >= 0.6 is 11.8 Å². The van der Waals surface area contributed by atoms with Gasteiger partial charge in [0.1, 0.15) is 16.4 Å². The fourth-order valence-corrected chi connectivity index (χ4v) is 2.64. The number of nitrogens with zero attached hydrogens (tertiary/aromatic N) is 3. The molecule has 0 spiro atoms. The van der Waals surface area contributed by atoms with Crippen molar-refractivity contribution in [1.82, 2.24) is 14.9 Å². The number of carbonyl (C=O) groups excluding carboxylic acids is 1. The van der Waals surface area contributed by atoms with Gasteiger partial charge in [0.15, 0.2) is 0 Å². The van der Waals surface area contributed by atoms with Gasteiger partial charge in [-0.3, -0.25) is 4.79 Å². The van der Waals surface area contributed by atoms with Crippen molar-refractivity contribution in [3.8, 4) is 0 Å². The van der Waals surface area contributed by atoms with Crippen molar-refractivity contribution >= 4 is 23.6 Å². The second kappa shape index (κ2) is 7.40. The first-order chi connectivity index (χ1) is 9.77. The van der Waals surface area contributed by atoms with E-state index in [1.807, 2.05) is 20.8 Å². The number of carboxylic acid groups (broad SMARTS) is 1. The normalized spacial score (nSPS) is 10.8. The Hall–Kier alpha value is -1.63. The van der Waals surface area contributed by atoms with E-state index in [4.69, 9.17) is 0 Å². The van der Waals surface area contributed by atoms with Crippen LogP contribution in [0.1, 0.15) is 42.6 Å². The van der Waals surface area contributed by atoms with Crippen molar-refractivity contribution in [3.63, 3.8) is 0 Å². The van der Waals surface area contributed by atoms with E-state index in [2.05, 4.69) is 9.97 Å². The largest absolute Gasteiger partial charge is 0.478 e. The number of amides is 1. The lowest BCUT2D eigenvalue weighted by Crippen LogP contribution is -2.34. The number of thioether (sulfide) groups is 1. The van der Waals surface area contributed by atoms with Crippen molar-refractivity contribution in [3.05, 3.63) is 17.1 Å². The van der Waals surface area contributed by atoms with Gasteiger partial charge in [0.2, 0.25) is 5.91 Å². The molecule has 1 amide bonds. The Bertz CT molecular complexity index is 547. The summed E-state index contributed by atoms with van der Waals surface area (Å²) in [5, 5.41) is 9.64. The lowest BCUT2D eigenvalue weighted by atomic mass is 10.2. The molecule has 116 valence electrons. The standard InChI is InChI=1S/C14H21N3O3S/c1-6-10-15-9(4)12(14(19)20)13(16-10)21-7-11(18)17(5)8(2)3/h8H,6-7H2,1-5H3,(H,19,20). The van der Waals surface area contributed by atoms with E-state index in [-0.39, 0.29) is 23.3 Å². The third-order valence-electron chi connectivity index (χ3n) is 3.13. The third kappa shape index (κ3) is 4.42. The van der Waals surface area contributed by atoms with Gasteiger partial charge in [0.05, 0.1) is 11.4 Å². The first-order valence-electron chi connectivity index (χ1n) is 6.77. The number of hydrogen-bond acceptors (Lipinski definition) is 5. The number of aromatic nitrogens is 2. The molecular formula is C14H21N3O3S. The summed E-state index contributed by atoms with van der Waals surface area (Å²) in [6.45, 7) is 7.41. The summed E-state index contributed by atoms with van der Waals surface area (Å²) in [5.74, 6) is -0.373. The molecule has 0 aliphatic carbocycles. The summed E-state index contributed by atoms with van der Waals surface area (Å²) in [6.07, 6.45) is 0.619. The summed E-state index contributed by atoms with van der Waals surface area (Å²) in [6, 6.07) is 0.107. The Labute approximate surface area is 129 Å². The lowest BCUT2D eigenvalue weighted by Gasteiger charge is -2.21. The highest BCUT2D eigenvalue weighted by molar-refractivity contribution is 8.00. The minimum Gasteiger partial charge on any atom is -0.478 e. The van der Waals surface area contributed by atoms with Crippen LogP contribution in [0.5, 0.6) is 0 Å². The maximum absolute atomic E-state index is 12.0. The van der Waals surface area contributed by atoms with Crippen LogP contribution in [0.15, 0.2) is 5.03 Å². The van der Waals surface area contributed by atoms with Crippen molar-refractivity contribution in [2.24, 2.45) is 0 Å². The van der Waals surface area contributed by atoms with Crippen LogP contribution in [0.4, 0.5) is 0 Å². The topological polar surface area (TPSA) is 83.4 Å².